The van der Waals surface area contributed by atoms with Gasteiger partial charge in [0.25, 0.3) is 0 Å². The summed E-state index contributed by atoms with van der Waals surface area (Å²) in [5.41, 5.74) is 0. The first-order valence-electron chi connectivity index (χ1n) is 7.77. The van der Waals surface area contributed by atoms with E-state index in [2.05, 4.69) is 6.92 Å². The molecule has 0 aliphatic heterocycles. The number of hydrogen-bond acceptors (Lipinski definition) is 0. The zero-order valence-electron chi connectivity index (χ0n) is 14.1. The molecule has 0 aromatic heterocycles. The first-order chi connectivity index (χ1) is 8.13. The fraction of sp³-hybridized carbons (Fsp3) is 1.00. The standard InChI is InChI=1S/C7H14.C3H7F.3C2H6/c1-7-5-3-2-4-6-7;1-3(2)4;3*1-2/h7H,2-6H2,1H3;3H,1-2H3;3*1-2H3. The lowest BCUT2D eigenvalue weighted by atomic mass is 9.91. The zero-order chi connectivity index (χ0) is 14.7. The molecule has 1 aliphatic rings. The SMILES string of the molecule is CC.CC.CC.CC(C)F.CC1CCCCC1. The van der Waals surface area contributed by atoms with Gasteiger partial charge in [0.15, 0.2) is 0 Å². The first-order valence-corrected chi connectivity index (χ1v) is 7.77. The normalized spacial score (nSPS) is 13.6. The fourth-order valence-electron chi connectivity index (χ4n) is 1.31. The van der Waals surface area contributed by atoms with Crippen LogP contribution in [0.2, 0.25) is 0 Å². The zero-order valence-corrected chi connectivity index (χ0v) is 14.1. The Balaban J connectivity index is -0.0000000735. The summed E-state index contributed by atoms with van der Waals surface area (Å²) in [5, 5.41) is 0. The van der Waals surface area contributed by atoms with Gasteiger partial charge in [0.05, 0.1) is 6.17 Å². The smallest absolute Gasteiger partial charge is 0.0945 e. The minimum absolute atomic E-state index is 0.667. The van der Waals surface area contributed by atoms with Crippen LogP contribution < -0.4 is 0 Å². The monoisotopic (exact) mass is 250 g/mol. The second-order valence-corrected chi connectivity index (χ2v) is 3.76. The van der Waals surface area contributed by atoms with E-state index >= 15 is 0 Å². The molecule has 110 valence electrons. The summed E-state index contributed by atoms with van der Waals surface area (Å²) in [5.74, 6) is 1.04. The minimum atomic E-state index is -0.667. The predicted molar refractivity (Wildman–Crippen MR) is 82.5 cm³/mol. The lowest BCUT2D eigenvalue weighted by Gasteiger charge is -2.15. The van der Waals surface area contributed by atoms with E-state index in [1.165, 1.54) is 46.0 Å². The number of halogens is 1. The van der Waals surface area contributed by atoms with Gasteiger partial charge in [0.2, 0.25) is 0 Å². The van der Waals surface area contributed by atoms with Crippen molar-refractivity contribution in [2.75, 3.05) is 0 Å². The van der Waals surface area contributed by atoms with Gasteiger partial charge >= 0.3 is 0 Å². The molecule has 0 heterocycles. The Kier molecular flexibility index (Phi) is 44.9. The lowest BCUT2D eigenvalue weighted by Crippen LogP contribution is -1.99. The molecule has 0 saturated heterocycles. The van der Waals surface area contributed by atoms with Crippen LogP contribution in [0.4, 0.5) is 4.39 Å². The molecule has 1 aliphatic carbocycles. The van der Waals surface area contributed by atoms with E-state index in [1.54, 1.807) is 0 Å². The van der Waals surface area contributed by atoms with Crippen LogP contribution in [0.3, 0.4) is 0 Å². The van der Waals surface area contributed by atoms with Crippen LogP contribution in [0.15, 0.2) is 0 Å². The maximum atomic E-state index is 11.0. The Morgan fingerprint density at radius 1 is 0.765 bits per heavy atom. The van der Waals surface area contributed by atoms with Crippen molar-refractivity contribution in [3.05, 3.63) is 0 Å². The lowest BCUT2D eigenvalue weighted by molar-refractivity contribution is 0.385. The van der Waals surface area contributed by atoms with E-state index < -0.39 is 6.17 Å². The highest BCUT2D eigenvalue weighted by Gasteiger charge is 2.05. The molecule has 1 heteroatoms. The van der Waals surface area contributed by atoms with Crippen molar-refractivity contribution in [1.29, 1.82) is 0 Å². The molecule has 1 fully saturated rings. The van der Waals surface area contributed by atoms with Crippen molar-refractivity contribution in [2.24, 2.45) is 5.92 Å². The third-order valence-corrected chi connectivity index (χ3v) is 1.89. The molecule has 0 N–H and O–H groups in total. The molecular formula is C16H39F. The summed E-state index contributed by atoms with van der Waals surface area (Å²) >= 11 is 0. The maximum Gasteiger partial charge on any atom is 0.0945 e. The molecule has 0 radical (unpaired) electrons. The minimum Gasteiger partial charge on any atom is -0.248 e. The third-order valence-electron chi connectivity index (χ3n) is 1.89. The highest BCUT2D eigenvalue weighted by atomic mass is 19.1. The third kappa shape index (κ3) is 49.2. The second-order valence-electron chi connectivity index (χ2n) is 3.76. The van der Waals surface area contributed by atoms with Gasteiger partial charge in [0.1, 0.15) is 0 Å². The molecule has 0 atom stereocenters. The highest BCUT2D eigenvalue weighted by molar-refractivity contribution is 4.59. The Labute approximate surface area is 111 Å². The predicted octanol–water partition coefficient (Wildman–Crippen LogP) is 7.03. The Hall–Kier alpha value is -0.0700. The molecule has 0 unspecified atom stereocenters. The Morgan fingerprint density at radius 2 is 1.00 bits per heavy atom. The molecule has 1 rings (SSSR count). The van der Waals surface area contributed by atoms with Gasteiger partial charge in [-0.3, -0.25) is 0 Å². The van der Waals surface area contributed by atoms with Crippen LogP contribution in [-0.2, 0) is 0 Å². The van der Waals surface area contributed by atoms with Crippen LogP contribution in [-0.4, -0.2) is 6.17 Å². The summed E-state index contributed by atoms with van der Waals surface area (Å²) in [6.45, 7) is 17.4. The molecule has 0 amide bonds. The van der Waals surface area contributed by atoms with E-state index in [0.29, 0.717) is 0 Å². The molecule has 0 bridgehead atoms. The summed E-state index contributed by atoms with van der Waals surface area (Å²) in [6, 6.07) is 0. The van der Waals surface area contributed by atoms with Crippen molar-refractivity contribution in [2.45, 2.75) is 101 Å². The van der Waals surface area contributed by atoms with E-state index in [4.69, 9.17) is 0 Å². The first kappa shape index (κ1) is 25.7. The van der Waals surface area contributed by atoms with E-state index in [9.17, 15) is 4.39 Å². The fourth-order valence-corrected chi connectivity index (χ4v) is 1.31. The van der Waals surface area contributed by atoms with Crippen LogP contribution >= 0.6 is 0 Å². The van der Waals surface area contributed by atoms with Gasteiger partial charge in [0, 0.05) is 0 Å². The van der Waals surface area contributed by atoms with Crippen molar-refractivity contribution >= 4 is 0 Å². The number of alkyl halides is 1. The van der Waals surface area contributed by atoms with E-state index in [0.717, 1.165) is 5.92 Å². The van der Waals surface area contributed by atoms with Crippen LogP contribution in [0, 0.1) is 5.92 Å². The summed E-state index contributed by atoms with van der Waals surface area (Å²) in [7, 11) is 0. The number of hydrogen-bond donors (Lipinski definition) is 0. The van der Waals surface area contributed by atoms with Gasteiger partial charge < -0.3 is 0 Å². The highest BCUT2D eigenvalue weighted by Crippen LogP contribution is 2.22. The molecule has 17 heavy (non-hydrogen) atoms. The Morgan fingerprint density at radius 3 is 1.12 bits per heavy atom. The van der Waals surface area contributed by atoms with Gasteiger partial charge in [-0.2, -0.15) is 0 Å². The quantitative estimate of drug-likeness (QED) is 0.433. The van der Waals surface area contributed by atoms with Gasteiger partial charge in [-0.05, 0) is 19.8 Å². The molecule has 0 spiro atoms. The largest absolute Gasteiger partial charge is 0.248 e. The molecular weight excluding hydrogens is 211 g/mol. The van der Waals surface area contributed by atoms with E-state index in [-0.39, 0.29) is 0 Å². The van der Waals surface area contributed by atoms with Crippen molar-refractivity contribution < 1.29 is 4.39 Å². The van der Waals surface area contributed by atoms with Crippen LogP contribution in [0.1, 0.15) is 94.4 Å². The molecule has 0 aromatic carbocycles. The Bertz CT molecular complexity index is 70.8. The van der Waals surface area contributed by atoms with Gasteiger partial charge in [-0.15, -0.1) is 0 Å². The van der Waals surface area contributed by atoms with Crippen LogP contribution in [0.5, 0.6) is 0 Å². The summed E-state index contributed by atoms with van der Waals surface area (Å²) < 4.78 is 11.0. The van der Waals surface area contributed by atoms with E-state index in [1.807, 2.05) is 41.5 Å². The molecule has 1 saturated carbocycles. The summed E-state index contributed by atoms with van der Waals surface area (Å²) in [6.07, 6.45) is 6.77. The van der Waals surface area contributed by atoms with Crippen molar-refractivity contribution in [3.8, 4) is 0 Å². The topological polar surface area (TPSA) is 0 Å². The summed E-state index contributed by atoms with van der Waals surface area (Å²) in [4.78, 5) is 0. The van der Waals surface area contributed by atoms with Crippen molar-refractivity contribution in [3.63, 3.8) is 0 Å². The average molecular weight is 250 g/mol. The number of rotatable bonds is 0. The molecule has 0 nitrogen and oxygen atoms in total. The van der Waals surface area contributed by atoms with Gasteiger partial charge in [-0.1, -0.05) is 80.6 Å². The average Bonchev–Trinajstić information content (AvgIpc) is 2.37. The molecule has 0 aromatic rings. The maximum absolute atomic E-state index is 11.0. The van der Waals surface area contributed by atoms with Gasteiger partial charge in [-0.25, -0.2) is 4.39 Å². The van der Waals surface area contributed by atoms with Crippen LogP contribution in [0.25, 0.3) is 0 Å². The second kappa shape index (κ2) is 29.7. The van der Waals surface area contributed by atoms with Crippen molar-refractivity contribution in [1.82, 2.24) is 0 Å².